The molecule has 2 rings (SSSR count). The molecule has 110 valence electrons. The molecule has 3 nitrogen and oxygen atoms in total. The monoisotopic (exact) mass is 287 g/mol. The molecule has 0 radical (unpaired) electrons. The first-order valence-electron chi connectivity index (χ1n) is 6.33. The van der Waals surface area contributed by atoms with Gasteiger partial charge < -0.3 is 5.11 Å². The van der Waals surface area contributed by atoms with Gasteiger partial charge in [-0.15, -0.1) is 0 Å². The summed E-state index contributed by atoms with van der Waals surface area (Å²) in [4.78, 5) is 12.9. The number of hydrogen-bond donors (Lipinski definition) is 1. The number of carboxylic acids is 1. The first kappa shape index (κ1) is 14.8. The number of hydrogen-bond acceptors (Lipinski definition) is 2. The van der Waals surface area contributed by atoms with Gasteiger partial charge in [-0.3, -0.25) is 9.69 Å². The van der Waals surface area contributed by atoms with E-state index in [4.69, 9.17) is 5.11 Å². The molecule has 1 aliphatic heterocycles. The van der Waals surface area contributed by atoms with E-state index >= 15 is 0 Å². The van der Waals surface area contributed by atoms with E-state index in [1.54, 1.807) is 17.9 Å². The Balaban J connectivity index is 2.15. The third-order valence-corrected chi connectivity index (χ3v) is 3.79. The largest absolute Gasteiger partial charge is 0.481 e. The van der Waals surface area contributed by atoms with Crippen LogP contribution in [0.5, 0.6) is 0 Å². The third-order valence-electron chi connectivity index (χ3n) is 3.79. The molecule has 0 aliphatic carbocycles. The molecular formula is C14H16F3NO2. The Labute approximate surface area is 115 Å². The Bertz CT molecular complexity index is 515. The molecule has 0 spiro atoms. The lowest BCUT2D eigenvalue weighted by Gasteiger charge is -2.21. The quantitative estimate of drug-likeness (QED) is 0.929. The van der Waals surface area contributed by atoms with Crippen LogP contribution in [0.4, 0.5) is 13.2 Å². The van der Waals surface area contributed by atoms with E-state index in [1.807, 2.05) is 0 Å². The zero-order valence-electron chi connectivity index (χ0n) is 11.1. The van der Waals surface area contributed by atoms with Crippen LogP contribution >= 0.6 is 0 Å². The normalized spacial score (nSPS) is 24.0. The number of carboxylic acid groups (broad SMARTS) is 1. The topological polar surface area (TPSA) is 40.5 Å². The highest BCUT2D eigenvalue weighted by Crippen LogP contribution is 2.35. The fourth-order valence-corrected chi connectivity index (χ4v) is 2.54. The molecule has 6 heteroatoms. The summed E-state index contributed by atoms with van der Waals surface area (Å²) in [5, 5.41) is 9.13. The number of halogens is 3. The molecule has 20 heavy (non-hydrogen) atoms. The van der Waals surface area contributed by atoms with E-state index in [9.17, 15) is 18.0 Å². The van der Waals surface area contributed by atoms with Crippen molar-refractivity contribution in [3.05, 3.63) is 35.4 Å². The summed E-state index contributed by atoms with van der Waals surface area (Å²) in [5.74, 6) is -0.899. The minimum atomic E-state index is -4.38. The second-order valence-corrected chi connectivity index (χ2v) is 5.48. The van der Waals surface area contributed by atoms with Crippen LogP contribution < -0.4 is 0 Å². The van der Waals surface area contributed by atoms with Gasteiger partial charge in [0.15, 0.2) is 0 Å². The van der Waals surface area contributed by atoms with Crippen LogP contribution in [0.1, 0.15) is 24.5 Å². The van der Waals surface area contributed by atoms with Crippen molar-refractivity contribution in [2.24, 2.45) is 5.41 Å². The van der Waals surface area contributed by atoms with Crippen molar-refractivity contribution >= 4 is 5.97 Å². The number of likely N-dealkylation sites (tertiary alicyclic amines) is 1. The van der Waals surface area contributed by atoms with Gasteiger partial charge in [0.25, 0.3) is 0 Å². The fourth-order valence-electron chi connectivity index (χ4n) is 2.54. The molecule has 0 bridgehead atoms. The second kappa shape index (κ2) is 5.09. The molecule has 1 aromatic rings. The van der Waals surface area contributed by atoms with Crippen LogP contribution in [0, 0.1) is 5.41 Å². The van der Waals surface area contributed by atoms with Crippen LogP contribution in [0.15, 0.2) is 24.3 Å². The predicted octanol–water partition coefficient (Wildman–Crippen LogP) is 3.00. The smallest absolute Gasteiger partial charge is 0.416 e. The predicted molar refractivity (Wildman–Crippen MR) is 67.1 cm³/mol. The van der Waals surface area contributed by atoms with Gasteiger partial charge in [0.2, 0.25) is 0 Å². The van der Waals surface area contributed by atoms with Crippen LogP contribution in [0.3, 0.4) is 0 Å². The summed E-state index contributed by atoms with van der Waals surface area (Å²) >= 11 is 0. The maximum absolute atomic E-state index is 12.9. The van der Waals surface area contributed by atoms with Gasteiger partial charge in [-0.1, -0.05) is 18.2 Å². The van der Waals surface area contributed by atoms with Gasteiger partial charge in [0.05, 0.1) is 11.0 Å². The highest BCUT2D eigenvalue weighted by Gasteiger charge is 2.41. The van der Waals surface area contributed by atoms with Gasteiger partial charge in [-0.25, -0.2) is 0 Å². The molecule has 1 atom stereocenters. The van der Waals surface area contributed by atoms with Crippen LogP contribution in [-0.2, 0) is 17.5 Å². The van der Waals surface area contributed by atoms with Crippen LogP contribution in [0.2, 0.25) is 0 Å². The molecule has 0 amide bonds. The standard InChI is InChI=1S/C14H16F3NO2/c1-13(12(19)20)6-7-18(9-13)8-10-4-2-3-5-11(10)14(15,16)17/h2-5H,6-9H2,1H3,(H,19,20). The zero-order chi connectivity index (χ0) is 15.0. The SMILES string of the molecule is CC1(C(=O)O)CCN(Cc2ccccc2C(F)(F)F)C1. The lowest BCUT2D eigenvalue weighted by atomic mass is 9.90. The van der Waals surface area contributed by atoms with E-state index in [0.29, 0.717) is 13.0 Å². The average molecular weight is 287 g/mol. The molecule has 1 heterocycles. The average Bonchev–Trinajstić information content (AvgIpc) is 2.72. The first-order chi connectivity index (χ1) is 9.22. The van der Waals surface area contributed by atoms with Crippen molar-refractivity contribution in [1.29, 1.82) is 0 Å². The highest BCUT2D eigenvalue weighted by atomic mass is 19.4. The molecular weight excluding hydrogens is 271 g/mol. The van der Waals surface area contributed by atoms with E-state index in [2.05, 4.69) is 0 Å². The van der Waals surface area contributed by atoms with Gasteiger partial charge >= 0.3 is 12.1 Å². The van der Waals surface area contributed by atoms with Crippen molar-refractivity contribution in [2.75, 3.05) is 13.1 Å². The number of rotatable bonds is 3. The summed E-state index contributed by atoms with van der Waals surface area (Å²) in [6.45, 7) is 2.52. The van der Waals surface area contributed by atoms with Crippen molar-refractivity contribution in [2.45, 2.75) is 26.1 Å². The second-order valence-electron chi connectivity index (χ2n) is 5.48. The van der Waals surface area contributed by atoms with E-state index in [0.717, 1.165) is 6.07 Å². The molecule has 1 aliphatic rings. The Hall–Kier alpha value is -1.56. The molecule has 1 saturated heterocycles. The molecule has 1 unspecified atom stereocenters. The van der Waals surface area contributed by atoms with Gasteiger partial charge in [-0.05, 0) is 31.5 Å². The summed E-state index contributed by atoms with van der Waals surface area (Å²) in [7, 11) is 0. The van der Waals surface area contributed by atoms with E-state index in [1.165, 1.54) is 12.1 Å². The summed E-state index contributed by atoms with van der Waals surface area (Å²) in [6, 6.07) is 5.43. The minimum absolute atomic E-state index is 0.124. The van der Waals surface area contributed by atoms with Crippen molar-refractivity contribution in [1.82, 2.24) is 4.90 Å². The highest BCUT2D eigenvalue weighted by molar-refractivity contribution is 5.74. The molecule has 0 aromatic heterocycles. The van der Waals surface area contributed by atoms with Gasteiger partial charge in [-0.2, -0.15) is 13.2 Å². The maximum Gasteiger partial charge on any atom is 0.416 e. The summed E-state index contributed by atoms with van der Waals surface area (Å²) in [6.07, 6.45) is -3.93. The Kier molecular flexibility index (Phi) is 3.77. The number of benzene rings is 1. The van der Waals surface area contributed by atoms with E-state index < -0.39 is 23.1 Å². The Morgan fingerprint density at radius 2 is 2.05 bits per heavy atom. The van der Waals surface area contributed by atoms with E-state index in [-0.39, 0.29) is 18.7 Å². The van der Waals surface area contributed by atoms with Crippen molar-refractivity contribution in [3.63, 3.8) is 0 Å². The summed E-state index contributed by atoms with van der Waals surface area (Å²) in [5.41, 5.74) is -1.33. The summed E-state index contributed by atoms with van der Waals surface area (Å²) < 4.78 is 38.7. The van der Waals surface area contributed by atoms with Crippen LogP contribution in [0.25, 0.3) is 0 Å². The number of nitrogens with zero attached hydrogens (tertiary/aromatic N) is 1. The van der Waals surface area contributed by atoms with Crippen molar-refractivity contribution in [3.8, 4) is 0 Å². The number of aliphatic carboxylic acids is 1. The number of alkyl halides is 3. The first-order valence-corrected chi connectivity index (χ1v) is 6.33. The fraction of sp³-hybridized carbons (Fsp3) is 0.500. The molecule has 0 saturated carbocycles. The Morgan fingerprint density at radius 1 is 1.40 bits per heavy atom. The minimum Gasteiger partial charge on any atom is -0.481 e. The maximum atomic E-state index is 12.9. The van der Waals surface area contributed by atoms with Crippen molar-refractivity contribution < 1.29 is 23.1 Å². The number of carbonyl (C=O) groups is 1. The molecule has 1 N–H and O–H groups in total. The lowest BCUT2D eigenvalue weighted by Crippen LogP contribution is -2.31. The molecule has 1 fully saturated rings. The Morgan fingerprint density at radius 3 is 2.60 bits per heavy atom. The van der Waals surface area contributed by atoms with Gasteiger partial charge in [0, 0.05) is 13.1 Å². The van der Waals surface area contributed by atoms with Crippen LogP contribution in [-0.4, -0.2) is 29.1 Å². The van der Waals surface area contributed by atoms with Gasteiger partial charge in [0.1, 0.15) is 0 Å². The third kappa shape index (κ3) is 2.95. The lowest BCUT2D eigenvalue weighted by molar-refractivity contribution is -0.147. The molecule has 1 aromatic carbocycles. The zero-order valence-corrected chi connectivity index (χ0v) is 11.1.